The molecule has 0 aromatic carbocycles. The summed E-state index contributed by atoms with van der Waals surface area (Å²) < 4.78 is 0. The minimum absolute atomic E-state index is 0.0181. The van der Waals surface area contributed by atoms with Crippen LogP contribution in [0.5, 0.6) is 0 Å². The molecule has 1 amide bonds. The van der Waals surface area contributed by atoms with Crippen LogP contribution in [-0.2, 0) is 4.79 Å². The molecular formula is C10H20N2O2. The van der Waals surface area contributed by atoms with Crippen LogP contribution in [-0.4, -0.2) is 48.2 Å². The Bertz CT molecular complexity index is 195. The lowest BCUT2D eigenvalue weighted by Crippen LogP contribution is -2.51. The van der Waals surface area contributed by atoms with Gasteiger partial charge in [-0.05, 0) is 33.2 Å². The zero-order valence-corrected chi connectivity index (χ0v) is 8.99. The number of aliphatic hydroxyl groups is 1. The molecule has 2 N–H and O–H groups in total. The molecule has 2 atom stereocenters. The number of rotatable bonds is 3. The molecule has 4 nitrogen and oxygen atoms in total. The van der Waals surface area contributed by atoms with Crippen molar-refractivity contribution in [2.45, 2.75) is 38.3 Å². The minimum atomic E-state index is -0.420. The van der Waals surface area contributed by atoms with E-state index in [9.17, 15) is 9.90 Å². The van der Waals surface area contributed by atoms with E-state index in [1.54, 1.807) is 14.0 Å². The third kappa shape index (κ3) is 2.69. The molecular weight excluding hydrogens is 180 g/mol. The Morgan fingerprint density at radius 2 is 2.36 bits per heavy atom. The van der Waals surface area contributed by atoms with Crippen LogP contribution in [0.1, 0.15) is 26.2 Å². The van der Waals surface area contributed by atoms with Crippen molar-refractivity contribution < 1.29 is 9.90 Å². The molecule has 1 saturated heterocycles. The van der Waals surface area contributed by atoms with Gasteiger partial charge in [-0.3, -0.25) is 4.79 Å². The third-order valence-corrected chi connectivity index (χ3v) is 2.75. The number of nitrogens with zero attached hydrogens (tertiary/aromatic N) is 1. The summed E-state index contributed by atoms with van der Waals surface area (Å²) in [5.41, 5.74) is 0. The largest absolute Gasteiger partial charge is 0.391 e. The predicted molar refractivity (Wildman–Crippen MR) is 55.0 cm³/mol. The van der Waals surface area contributed by atoms with Crippen molar-refractivity contribution in [1.29, 1.82) is 0 Å². The summed E-state index contributed by atoms with van der Waals surface area (Å²) in [4.78, 5) is 13.5. The van der Waals surface area contributed by atoms with Gasteiger partial charge in [0.1, 0.15) is 0 Å². The average molecular weight is 200 g/mol. The summed E-state index contributed by atoms with van der Waals surface area (Å²) in [5.74, 6) is 0.0955. The van der Waals surface area contributed by atoms with Crippen LogP contribution in [0.25, 0.3) is 0 Å². The molecule has 0 aromatic heterocycles. The fourth-order valence-electron chi connectivity index (χ4n) is 2.02. The molecule has 0 radical (unpaired) electrons. The smallest absolute Gasteiger partial charge is 0.236 e. The molecule has 0 spiro atoms. The number of amides is 1. The lowest BCUT2D eigenvalue weighted by Gasteiger charge is -2.37. The van der Waals surface area contributed by atoms with Gasteiger partial charge in [0.15, 0.2) is 0 Å². The molecule has 1 fully saturated rings. The number of piperidine rings is 1. The van der Waals surface area contributed by atoms with Crippen LogP contribution in [0.4, 0.5) is 0 Å². The van der Waals surface area contributed by atoms with Crippen molar-refractivity contribution in [2.75, 3.05) is 20.1 Å². The van der Waals surface area contributed by atoms with Gasteiger partial charge in [0, 0.05) is 6.54 Å². The molecule has 1 rings (SSSR count). The van der Waals surface area contributed by atoms with Gasteiger partial charge < -0.3 is 15.3 Å². The van der Waals surface area contributed by atoms with Gasteiger partial charge in [-0.15, -0.1) is 0 Å². The minimum Gasteiger partial charge on any atom is -0.391 e. The van der Waals surface area contributed by atoms with Gasteiger partial charge in [-0.1, -0.05) is 0 Å². The molecule has 4 heteroatoms. The molecule has 1 heterocycles. The monoisotopic (exact) mass is 200 g/mol. The Balaban J connectivity index is 2.57. The molecule has 0 aromatic rings. The van der Waals surface area contributed by atoms with E-state index in [0.29, 0.717) is 6.54 Å². The van der Waals surface area contributed by atoms with Crippen molar-refractivity contribution in [2.24, 2.45) is 0 Å². The predicted octanol–water partition coefficient (Wildman–Crippen LogP) is -0.0323. The van der Waals surface area contributed by atoms with Crippen LogP contribution in [0.2, 0.25) is 0 Å². The third-order valence-electron chi connectivity index (χ3n) is 2.75. The first-order chi connectivity index (χ1) is 6.66. The molecule has 0 aliphatic carbocycles. The molecule has 0 unspecified atom stereocenters. The second kappa shape index (κ2) is 5.32. The summed E-state index contributed by atoms with van der Waals surface area (Å²) in [7, 11) is 1.76. The molecule has 0 bridgehead atoms. The maximum absolute atomic E-state index is 11.7. The zero-order valence-electron chi connectivity index (χ0n) is 8.99. The fraction of sp³-hybridized carbons (Fsp3) is 0.900. The van der Waals surface area contributed by atoms with E-state index in [1.165, 1.54) is 0 Å². The lowest BCUT2D eigenvalue weighted by atomic mass is 9.98. The van der Waals surface area contributed by atoms with Gasteiger partial charge in [0.2, 0.25) is 5.91 Å². The van der Waals surface area contributed by atoms with E-state index >= 15 is 0 Å². The number of likely N-dealkylation sites (N-methyl/N-ethyl adjacent to an activating group) is 1. The molecule has 0 saturated carbocycles. The average Bonchev–Trinajstić information content (AvgIpc) is 2.18. The van der Waals surface area contributed by atoms with Gasteiger partial charge in [0.05, 0.1) is 18.7 Å². The summed E-state index contributed by atoms with van der Waals surface area (Å²) in [6.07, 6.45) is 2.67. The first kappa shape index (κ1) is 11.5. The number of carbonyl (C=O) groups excluding carboxylic acids is 1. The van der Waals surface area contributed by atoms with Crippen LogP contribution < -0.4 is 5.32 Å². The second-order valence-electron chi connectivity index (χ2n) is 3.92. The zero-order chi connectivity index (χ0) is 10.6. The van der Waals surface area contributed by atoms with Gasteiger partial charge in [-0.25, -0.2) is 0 Å². The van der Waals surface area contributed by atoms with Crippen molar-refractivity contribution in [1.82, 2.24) is 10.2 Å². The molecule has 14 heavy (non-hydrogen) atoms. The molecule has 82 valence electrons. The van der Waals surface area contributed by atoms with Gasteiger partial charge in [0.25, 0.3) is 0 Å². The first-order valence-electron chi connectivity index (χ1n) is 5.29. The van der Waals surface area contributed by atoms with E-state index in [4.69, 9.17) is 0 Å². The van der Waals surface area contributed by atoms with Crippen molar-refractivity contribution in [3.8, 4) is 0 Å². The Morgan fingerprint density at radius 1 is 1.64 bits per heavy atom. The maximum Gasteiger partial charge on any atom is 0.236 e. The Morgan fingerprint density at radius 3 is 2.93 bits per heavy atom. The maximum atomic E-state index is 11.7. The number of hydrogen-bond donors (Lipinski definition) is 2. The summed E-state index contributed by atoms with van der Waals surface area (Å²) in [6, 6.07) is 0.0181. The number of likely N-dealkylation sites (tertiary alicyclic amines) is 1. The molecule has 1 aliphatic rings. The fourth-order valence-corrected chi connectivity index (χ4v) is 2.02. The van der Waals surface area contributed by atoms with Crippen molar-refractivity contribution >= 4 is 5.91 Å². The van der Waals surface area contributed by atoms with E-state index in [-0.39, 0.29) is 11.9 Å². The highest BCUT2D eigenvalue weighted by atomic mass is 16.3. The number of nitrogens with one attached hydrogen (secondary N) is 1. The Kier molecular flexibility index (Phi) is 4.35. The summed E-state index contributed by atoms with van der Waals surface area (Å²) >= 11 is 0. The number of aliphatic hydroxyl groups excluding tert-OH is 1. The SMILES string of the molecule is CNCC(=O)N1CCCC[C@H]1[C@H](C)O. The number of carbonyl (C=O) groups is 1. The van der Waals surface area contributed by atoms with E-state index in [0.717, 1.165) is 25.8 Å². The quantitative estimate of drug-likeness (QED) is 0.672. The summed E-state index contributed by atoms with van der Waals surface area (Å²) in [6.45, 7) is 2.91. The Labute approximate surface area is 85.3 Å². The van der Waals surface area contributed by atoms with E-state index in [2.05, 4.69) is 5.32 Å². The van der Waals surface area contributed by atoms with Crippen molar-refractivity contribution in [3.63, 3.8) is 0 Å². The van der Waals surface area contributed by atoms with Crippen LogP contribution in [0.15, 0.2) is 0 Å². The topological polar surface area (TPSA) is 52.6 Å². The van der Waals surface area contributed by atoms with Gasteiger partial charge in [-0.2, -0.15) is 0 Å². The lowest BCUT2D eigenvalue weighted by molar-refractivity contribution is -0.136. The normalized spacial score (nSPS) is 24.8. The second-order valence-corrected chi connectivity index (χ2v) is 3.92. The number of hydrogen-bond acceptors (Lipinski definition) is 3. The standard InChI is InChI=1S/C10H20N2O2/c1-8(13)9-5-3-4-6-12(9)10(14)7-11-2/h8-9,11,13H,3-7H2,1-2H3/t8-,9-/m0/s1. The van der Waals surface area contributed by atoms with Crippen LogP contribution in [0.3, 0.4) is 0 Å². The summed E-state index contributed by atoms with van der Waals surface area (Å²) in [5, 5.41) is 12.4. The first-order valence-corrected chi connectivity index (χ1v) is 5.29. The van der Waals surface area contributed by atoms with Crippen LogP contribution in [0, 0.1) is 0 Å². The van der Waals surface area contributed by atoms with E-state index in [1.807, 2.05) is 4.90 Å². The highest BCUT2D eigenvalue weighted by Gasteiger charge is 2.29. The molecule has 1 aliphatic heterocycles. The highest BCUT2D eigenvalue weighted by Crippen LogP contribution is 2.19. The van der Waals surface area contributed by atoms with Crippen LogP contribution >= 0.6 is 0 Å². The van der Waals surface area contributed by atoms with Gasteiger partial charge >= 0.3 is 0 Å². The van der Waals surface area contributed by atoms with Crippen molar-refractivity contribution in [3.05, 3.63) is 0 Å². The van der Waals surface area contributed by atoms with E-state index < -0.39 is 6.10 Å². The highest BCUT2D eigenvalue weighted by molar-refractivity contribution is 5.78. The Hall–Kier alpha value is -0.610.